The molecule has 0 aliphatic carbocycles. The molecule has 0 spiro atoms. The lowest BCUT2D eigenvalue weighted by Crippen LogP contribution is -2.32. The van der Waals surface area contributed by atoms with Gasteiger partial charge in [-0.25, -0.2) is 0 Å². The molecule has 0 aliphatic heterocycles. The summed E-state index contributed by atoms with van der Waals surface area (Å²) in [6.45, 7) is 6.16. The van der Waals surface area contributed by atoms with Crippen LogP contribution in [0, 0.1) is 13.8 Å². The number of benzene rings is 2. The maximum atomic E-state index is 11.6. The number of aryl methyl sites for hydroxylation is 2. The van der Waals surface area contributed by atoms with Crippen LogP contribution >= 0.6 is 0 Å². The van der Waals surface area contributed by atoms with Gasteiger partial charge in [0.25, 0.3) is 0 Å². The van der Waals surface area contributed by atoms with E-state index in [1.165, 1.54) is 5.56 Å². The number of carbonyl (C=O) groups is 1. The number of hydrogen-bond donors (Lipinski definition) is 2. The van der Waals surface area contributed by atoms with Crippen molar-refractivity contribution in [2.75, 3.05) is 5.32 Å². The number of carbonyl (C=O) groups excluding carboxylic acids is 1. The number of amides is 1. The van der Waals surface area contributed by atoms with Crippen LogP contribution in [0.3, 0.4) is 0 Å². The second kappa shape index (κ2) is 7.09. The molecule has 2 rings (SSSR count). The molecule has 0 saturated heterocycles. The van der Waals surface area contributed by atoms with Gasteiger partial charge in [-0.1, -0.05) is 29.8 Å². The van der Waals surface area contributed by atoms with Gasteiger partial charge in [-0.05, 0) is 50.1 Å². The third-order valence-corrected chi connectivity index (χ3v) is 3.36. The summed E-state index contributed by atoms with van der Waals surface area (Å²) in [5.74, 6) is 0.578. The lowest BCUT2D eigenvalue weighted by Gasteiger charge is -2.13. The summed E-state index contributed by atoms with van der Waals surface area (Å²) in [7, 11) is 0. The molecule has 4 nitrogen and oxygen atoms in total. The molecule has 3 N–H and O–H groups in total. The molecule has 0 aromatic heterocycles. The van der Waals surface area contributed by atoms with E-state index in [0.29, 0.717) is 6.61 Å². The summed E-state index contributed by atoms with van der Waals surface area (Å²) >= 11 is 0. The monoisotopic (exact) mass is 298 g/mol. The first-order chi connectivity index (χ1) is 10.5. The zero-order valence-electron chi connectivity index (χ0n) is 13.2. The first-order valence-corrected chi connectivity index (χ1v) is 7.31. The standard InChI is InChI=1S/C18H22N2O2/c1-12-5-4-6-15(9-12)11-22-16-7-8-17(13(2)10-16)20-18(21)14(3)19/h4-10,14H,11,19H2,1-3H3,(H,20,21)/t14-/m0/s1. The summed E-state index contributed by atoms with van der Waals surface area (Å²) < 4.78 is 5.80. The fraction of sp³-hybridized carbons (Fsp3) is 0.278. The first kappa shape index (κ1) is 16.0. The fourth-order valence-electron chi connectivity index (χ4n) is 2.08. The van der Waals surface area contributed by atoms with Crippen molar-refractivity contribution in [1.29, 1.82) is 0 Å². The van der Waals surface area contributed by atoms with Crippen LogP contribution in [-0.2, 0) is 11.4 Å². The van der Waals surface area contributed by atoms with E-state index in [-0.39, 0.29) is 5.91 Å². The highest BCUT2D eigenvalue weighted by atomic mass is 16.5. The molecule has 2 aromatic rings. The molecule has 22 heavy (non-hydrogen) atoms. The number of nitrogens with one attached hydrogen (secondary N) is 1. The Bertz CT molecular complexity index is 666. The molecule has 1 amide bonds. The van der Waals surface area contributed by atoms with Crippen LogP contribution in [0.1, 0.15) is 23.6 Å². The number of ether oxygens (including phenoxy) is 1. The normalized spacial score (nSPS) is 11.8. The van der Waals surface area contributed by atoms with Gasteiger partial charge in [-0.15, -0.1) is 0 Å². The Balaban J connectivity index is 2.01. The second-order valence-electron chi connectivity index (χ2n) is 5.53. The topological polar surface area (TPSA) is 64.3 Å². The van der Waals surface area contributed by atoms with Gasteiger partial charge >= 0.3 is 0 Å². The van der Waals surface area contributed by atoms with Gasteiger partial charge in [0.15, 0.2) is 0 Å². The van der Waals surface area contributed by atoms with Crippen LogP contribution in [0.2, 0.25) is 0 Å². The minimum atomic E-state index is -0.531. The molecule has 116 valence electrons. The number of anilines is 1. The number of nitrogens with two attached hydrogens (primary N) is 1. The van der Waals surface area contributed by atoms with Crippen molar-refractivity contribution in [1.82, 2.24) is 0 Å². The molecule has 2 aromatic carbocycles. The molecule has 0 saturated carbocycles. The predicted octanol–water partition coefficient (Wildman–Crippen LogP) is 3.17. The lowest BCUT2D eigenvalue weighted by atomic mass is 10.1. The van der Waals surface area contributed by atoms with Crippen molar-refractivity contribution in [3.05, 3.63) is 59.2 Å². The van der Waals surface area contributed by atoms with Gasteiger partial charge in [0, 0.05) is 5.69 Å². The summed E-state index contributed by atoms with van der Waals surface area (Å²) in [4.78, 5) is 11.6. The highest BCUT2D eigenvalue weighted by Crippen LogP contribution is 2.22. The fourth-order valence-corrected chi connectivity index (χ4v) is 2.08. The van der Waals surface area contributed by atoms with E-state index in [2.05, 4.69) is 24.4 Å². The third kappa shape index (κ3) is 4.33. The first-order valence-electron chi connectivity index (χ1n) is 7.31. The van der Waals surface area contributed by atoms with E-state index in [1.54, 1.807) is 6.92 Å². The molecule has 1 atom stereocenters. The highest BCUT2D eigenvalue weighted by molar-refractivity contribution is 5.95. The molecule has 0 fully saturated rings. The van der Waals surface area contributed by atoms with Gasteiger partial charge in [0.1, 0.15) is 12.4 Å². The molecule has 4 heteroatoms. The highest BCUT2D eigenvalue weighted by Gasteiger charge is 2.09. The summed E-state index contributed by atoms with van der Waals surface area (Å²) in [6.07, 6.45) is 0. The smallest absolute Gasteiger partial charge is 0.241 e. The minimum absolute atomic E-state index is 0.198. The van der Waals surface area contributed by atoms with Crippen LogP contribution in [0.4, 0.5) is 5.69 Å². The lowest BCUT2D eigenvalue weighted by molar-refractivity contribution is -0.117. The molecular formula is C18H22N2O2. The van der Waals surface area contributed by atoms with E-state index < -0.39 is 6.04 Å². The Morgan fingerprint density at radius 1 is 1.23 bits per heavy atom. The molecule has 0 heterocycles. The van der Waals surface area contributed by atoms with Crippen LogP contribution in [-0.4, -0.2) is 11.9 Å². The van der Waals surface area contributed by atoms with E-state index in [4.69, 9.17) is 10.5 Å². The Hall–Kier alpha value is -2.33. The summed E-state index contributed by atoms with van der Waals surface area (Å²) in [5.41, 5.74) is 9.59. The molecule has 0 bridgehead atoms. The Morgan fingerprint density at radius 3 is 2.64 bits per heavy atom. The van der Waals surface area contributed by atoms with E-state index in [1.807, 2.05) is 37.3 Å². The van der Waals surface area contributed by atoms with Crippen molar-refractivity contribution >= 4 is 11.6 Å². The predicted molar refractivity (Wildman–Crippen MR) is 89.0 cm³/mol. The SMILES string of the molecule is Cc1cccc(COc2ccc(NC(=O)[C@H](C)N)c(C)c2)c1. The van der Waals surface area contributed by atoms with Gasteiger partial charge in [0.2, 0.25) is 5.91 Å². The molecule has 0 unspecified atom stereocenters. The minimum Gasteiger partial charge on any atom is -0.489 e. The number of hydrogen-bond acceptors (Lipinski definition) is 3. The Labute approximate surface area is 131 Å². The molecule has 0 radical (unpaired) electrons. The third-order valence-electron chi connectivity index (χ3n) is 3.36. The molecular weight excluding hydrogens is 276 g/mol. The quantitative estimate of drug-likeness (QED) is 0.891. The van der Waals surface area contributed by atoms with Crippen molar-refractivity contribution in [3.63, 3.8) is 0 Å². The Morgan fingerprint density at radius 2 is 2.00 bits per heavy atom. The van der Waals surface area contributed by atoms with Crippen molar-refractivity contribution in [2.24, 2.45) is 5.73 Å². The molecule has 0 aliphatic rings. The van der Waals surface area contributed by atoms with E-state index in [9.17, 15) is 4.79 Å². The van der Waals surface area contributed by atoms with Gasteiger partial charge in [-0.3, -0.25) is 4.79 Å². The van der Waals surface area contributed by atoms with Crippen molar-refractivity contribution < 1.29 is 9.53 Å². The summed E-state index contributed by atoms with van der Waals surface area (Å²) in [5, 5.41) is 2.80. The number of rotatable bonds is 5. The van der Waals surface area contributed by atoms with E-state index >= 15 is 0 Å². The van der Waals surface area contributed by atoms with Crippen molar-refractivity contribution in [3.8, 4) is 5.75 Å². The zero-order valence-corrected chi connectivity index (χ0v) is 13.2. The Kier molecular flexibility index (Phi) is 5.17. The average molecular weight is 298 g/mol. The maximum Gasteiger partial charge on any atom is 0.241 e. The van der Waals surface area contributed by atoms with Crippen LogP contribution in [0.15, 0.2) is 42.5 Å². The van der Waals surface area contributed by atoms with Crippen LogP contribution < -0.4 is 15.8 Å². The zero-order chi connectivity index (χ0) is 16.1. The summed E-state index contributed by atoms with van der Waals surface area (Å²) in [6, 6.07) is 13.3. The van der Waals surface area contributed by atoms with E-state index in [0.717, 1.165) is 22.6 Å². The largest absolute Gasteiger partial charge is 0.489 e. The van der Waals surface area contributed by atoms with Gasteiger partial charge in [0.05, 0.1) is 6.04 Å². The van der Waals surface area contributed by atoms with Gasteiger partial charge in [-0.2, -0.15) is 0 Å². The van der Waals surface area contributed by atoms with Crippen LogP contribution in [0.5, 0.6) is 5.75 Å². The van der Waals surface area contributed by atoms with Gasteiger partial charge < -0.3 is 15.8 Å². The maximum absolute atomic E-state index is 11.6. The second-order valence-corrected chi connectivity index (χ2v) is 5.53. The van der Waals surface area contributed by atoms with Crippen LogP contribution in [0.25, 0.3) is 0 Å². The van der Waals surface area contributed by atoms with Crippen molar-refractivity contribution in [2.45, 2.75) is 33.4 Å². The average Bonchev–Trinajstić information content (AvgIpc) is 2.47.